The molecule has 0 bridgehead atoms. The average molecular weight is 613 g/mol. The predicted molar refractivity (Wildman–Crippen MR) is 167 cm³/mol. The van der Waals surface area contributed by atoms with Crippen LogP contribution < -0.4 is 10.3 Å². The topological polar surface area (TPSA) is 114 Å². The highest BCUT2D eigenvalue weighted by Crippen LogP contribution is 2.41. The van der Waals surface area contributed by atoms with Crippen molar-refractivity contribution >= 4 is 26.8 Å². The average Bonchev–Trinajstić information content (AvgIpc) is 3.67. The molecule has 5 rings (SSSR count). The number of piperazine rings is 1. The van der Waals surface area contributed by atoms with Gasteiger partial charge < -0.3 is 23.9 Å². The van der Waals surface area contributed by atoms with Gasteiger partial charge in [0.05, 0.1) is 4.90 Å². The summed E-state index contributed by atoms with van der Waals surface area (Å²) in [5, 5.41) is 0.730. The van der Waals surface area contributed by atoms with E-state index in [1.807, 2.05) is 26.8 Å². The fraction of sp³-hybridized carbons (Fsp3) is 0.562. The molecule has 234 valence electrons. The van der Waals surface area contributed by atoms with Gasteiger partial charge in [0.1, 0.15) is 23.0 Å². The van der Waals surface area contributed by atoms with Gasteiger partial charge in [-0.3, -0.25) is 9.69 Å². The van der Waals surface area contributed by atoms with Crippen LogP contribution >= 0.6 is 0 Å². The van der Waals surface area contributed by atoms with Crippen LogP contribution in [0.1, 0.15) is 52.9 Å². The number of aromatic nitrogens is 2. The number of aryl methyl sites for hydroxylation is 1. The first-order chi connectivity index (χ1) is 20.3. The van der Waals surface area contributed by atoms with Crippen molar-refractivity contribution in [2.75, 3.05) is 39.0 Å². The van der Waals surface area contributed by atoms with Crippen LogP contribution in [0.3, 0.4) is 0 Å². The van der Waals surface area contributed by atoms with Crippen LogP contribution in [0.4, 0.5) is 4.79 Å². The Bertz CT molecular complexity index is 1630. The summed E-state index contributed by atoms with van der Waals surface area (Å²) in [5.74, 6) is 1.11. The van der Waals surface area contributed by atoms with Crippen molar-refractivity contribution < 1.29 is 22.7 Å². The zero-order chi connectivity index (χ0) is 30.9. The summed E-state index contributed by atoms with van der Waals surface area (Å²) in [4.78, 5) is 32.5. The number of rotatable bonds is 10. The number of carbonyl (C=O) groups excluding carboxylic acids is 1. The van der Waals surface area contributed by atoms with Gasteiger partial charge in [-0.1, -0.05) is 0 Å². The van der Waals surface area contributed by atoms with Crippen molar-refractivity contribution in [1.29, 1.82) is 0 Å². The van der Waals surface area contributed by atoms with Crippen LogP contribution in [0.15, 0.2) is 46.3 Å². The van der Waals surface area contributed by atoms with E-state index in [1.165, 1.54) is 10.8 Å². The Hall–Kier alpha value is -3.31. The van der Waals surface area contributed by atoms with Gasteiger partial charge >= 0.3 is 6.09 Å². The second kappa shape index (κ2) is 12.4. The molecule has 1 N–H and O–H groups in total. The van der Waals surface area contributed by atoms with Gasteiger partial charge in [-0.2, -0.15) is 0 Å². The van der Waals surface area contributed by atoms with Gasteiger partial charge in [0, 0.05) is 68.4 Å². The molecule has 0 spiro atoms. The van der Waals surface area contributed by atoms with Crippen molar-refractivity contribution in [2.24, 2.45) is 13.0 Å². The molecule has 1 unspecified atom stereocenters. The van der Waals surface area contributed by atoms with Crippen molar-refractivity contribution in [1.82, 2.24) is 19.4 Å². The van der Waals surface area contributed by atoms with Crippen molar-refractivity contribution in [3.63, 3.8) is 0 Å². The highest BCUT2D eigenvalue weighted by Gasteiger charge is 2.33. The largest absolute Gasteiger partial charge is 0.489 e. The van der Waals surface area contributed by atoms with Crippen LogP contribution in [0, 0.1) is 5.92 Å². The fourth-order valence-corrected chi connectivity index (χ4v) is 6.37. The second-order valence-electron chi connectivity index (χ2n) is 13.0. The van der Waals surface area contributed by atoms with Gasteiger partial charge in [-0.05, 0) is 89.6 Å². The molecule has 0 radical (unpaired) electrons. The monoisotopic (exact) mass is 612 g/mol. The minimum atomic E-state index is -3.45. The highest BCUT2D eigenvalue weighted by atomic mass is 32.2. The van der Waals surface area contributed by atoms with Crippen molar-refractivity contribution in [2.45, 2.75) is 69.5 Å². The first-order valence-corrected chi connectivity index (χ1v) is 17.1. The maximum Gasteiger partial charge on any atom is 0.410 e. The van der Waals surface area contributed by atoms with E-state index in [2.05, 4.69) is 9.88 Å². The van der Waals surface area contributed by atoms with Crippen LogP contribution in [-0.2, 0) is 21.6 Å². The maximum atomic E-state index is 12.7. The van der Waals surface area contributed by atoms with Crippen LogP contribution in [0.25, 0.3) is 22.0 Å². The van der Waals surface area contributed by atoms with Gasteiger partial charge in [0.2, 0.25) is 0 Å². The molecule has 11 heteroatoms. The molecule has 3 aromatic rings. The summed E-state index contributed by atoms with van der Waals surface area (Å²) in [6.45, 7) is 9.65. The van der Waals surface area contributed by atoms with Crippen LogP contribution in [0.5, 0.6) is 5.75 Å². The number of benzene rings is 1. The third-order valence-electron chi connectivity index (χ3n) is 8.23. The number of ether oxygens (including phenoxy) is 2. The van der Waals surface area contributed by atoms with E-state index >= 15 is 0 Å². The number of nitrogens with zero attached hydrogens (tertiary/aromatic N) is 3. The zero-order valence-electron chi connectivity index (χ0n) is 25.9. The number of amides is 1. The van der Waals surface area contributed by atoms with Crippen LogP contribution in [0.2, 0.25) is 0 Å². The number of unbranched alkanes of at least 4 members (excludes halogenated alkanes) is 1. The third kappa shape index (κ3) is 7.62. The van der Waals surface area contributed by atoms with E-state index in [0.29, 0.717) is 35.8 Å². The number of pyridine rings is 1. The second-order valence-corrected chi connectivity index (χ2v) is 15.0. The smallest absolute Gasteiger partial charge is 0.410 e. The lowest BCUT2D eigenvalue weighted by molar-refractivity contribution is 0.0143. The molecular weight excluding hydrogens is 568 g/mol. The summed E-state index contributed by atoms with van der Waals surface area (Å²) in [6.07, 6.45) is 9.65. The minimum absolute atomic E-state index is 0.0288. The van der Waals surface area contributed by atoms with Gasteiger partial charge in [0.15, 0.2) is 9.84 Å². The zero-order valence-corrected chi connectivity index (χ0v) is 26.7. The SMILES string of the molecule is Cn1cc(-c2cc(S(C)(=O)=O)ccc2OC(CCCCN2CCN(C(=O)OC(C)(C)C)CC2)C2CC2)c2cc[nH]c2c1=O. The maximum absolute atomic E-state index is 12.7. The number of hydrogen-bond acceptors (Lipinski definition) is 7. The lowest BCUT2D eigenvalue weighted by atomic mass is 10.0. The Kier molecular flexibility index (Phi) is 8.94. The molecule has 1 aromatic carbocycles. The summed E-state index contributed by atoms with van der Waals surface area (Å²) in [6, 6.07) is 6.87. The predicted octanol–water partition coefficient (Wildman–Crippen LogP) is 4.82. The Morgan fingerprint density at radius 1 is 1.07 bits per heavy atom. The van der Waals surface area contributed by atoms with E-state index in [9.17, 15) is 18.0 Å². The summed E-state index contributed by atoms with van der Waals surface area (Å²) in [5.41, 5.74) is 1.25. The fourth-order valence-electron chi connectivity index (χ4n) is 5.72. The van der Waals surface area contributed by atoms with E-state index < -0.39 is 15.4 Å². The lowest BCUT2D eigenvalue weighted by Gasteiger charge is -2.35. The number of sulfone groups is 1. The molecule has 1 aliphatic carbocycles. The number of nitrogens with one attached hydrogen (secondary N) is 1. The molecule has 1 aliphatic heterocycles. The number of hydrogen-bond donors (Lipinski definition) is 1. The Morgan fingerprint density at radius 3 is 2.44 bits per heavy atom. The minimum Gasteiger partial charge on any atom is -0.489 e. The van der Waals surface area contributed by atoms with Gasteiger partial charge in [-0.15, -0.1) is 0 Å². The summed E-state index contributed by atoms with van der Waals surface area (Å²) in [7, 11) is -1.76. The molecule has 1 saturated carbocycles. The Labute approximate surface area is 253 Å². The molecule has 10 nitrogen and oxygen atoms in total. The Balaban J connectivity index is 1.25. The Morgan fingerprint density at radius 2 is 1.79 bits per heavy atom. The van der Waals surface area contributed by atoms with Gasteiger partial charge in [-0.25, -0.2) is 13.2 Å². The van der Waals surface area contributed by atoms with E-state index in [-0.39, 0.29) is 22.7 Å². The van der Waals surface area contributed by atoms with Crippen LogP contribution in [-0.4, -0.2) is 84.5 Å². The number of fused-ring (bicyclic) bond motifs is 1. The molecule has 2 aliphatic rings. The molecule has 1 saturated heterocycles. The highest BCUT2D eigenvalue weighted by molar-refractivity contribution is 7.90. The molecule has 43 heavy (non-hydrogen) atoms. The van der Waals surface area contributed by atoms with E-state index in [0.717, 1.165) is 62.7 Å². The number of carbonyl (C=O) groups is 1. The first-order valence-electron chi connectivity index (χ1n) is 15.2. The van der Waals surface area contributed by atoms with Crippen molar-refractivity contribution in [3.8, 4) is 16.9 Å². The van der Waals surface area contributed by atoms with Crippen molar-refractivity contribution in [3.05, 3.63) is 47.0 Å². The normalized spacial score (nSPS) is 17.3. The molecule has 3 heterocycles. The summed E-state index contributed by atoms with van der Waals surface area (Å²) >= 11 is 0. The molecule has 1 atom stereocenters. The standard InChI is InChI=1S/C32H44N4O6S/c1-32(2,3)42-31(38)36-18-16-35(17-19-36)15-7-6-8-27(22-9-10-22)41-28-12-11-23(43(5,39)40)20-25(28)26-21-34(4)30(37)29-24(26)13-14-33-29/h11-14,20-22,27,33H,6-10,15-19H2,1-5H3. The van der Waals surface area contributed by atoms with E-state index in [1.54, 1.807) is 42.5 Å². The first kappa shape index (κ1) is 31.1. The number of H-pyrrole nitrogens is 1. The van der Waals surface area contributed by atoms with Gasteiger partial charge in [0.25, 0.3) is 5.56 Å². The van der Waals surface area contributed by atoms with E-state index in [4.69, 9.17) is 9.47 Å². The summed E-state index contributed by atoms with van der Waals surface area (Å²) < 4.78 is 38.7. The molecule has 2 aromatic heterocycles. The number of aromatic amines is 1. The quantitative estimate of drug-likeness (QED) is 0.327. The molecule has 2 fully saturated rings. The molecular formula is C32H44N4O6S. The lowest BCUT2D eigenvalue weighted by Crippen LogP contribution is -2.50. The third-order valence-corrected chi connectivity index (χ3v) is 9.34. The molecule has 1 amide bonds.